The summed E-state index contributed by atoms with van der Waals surface area (Å²) in [4.78, 5) is 15.4. The molecule has 5 rings (SSSR count). The molecule has 1 aromatic heterocycles. The number of carbonyl (C=O) groups is 1. The molecule has 0 aliphatic carbocycles. The Balaban J connectivity index is 1.92. The number of fused-ring (bicyclic) bond motifs is 3. The zero-order chi connectivity index (χ0) is 18.1. The Morgan fingerprint density at radius 3 is 2.92 bits per heavy atom. The summed E-state index contributed by atoms with van der Waals surface area (Å²) in [6.45, 7) is 4.41. The van der Waals surface area contributed by atoms with Gasteiger partial charge in [0.25, 0.3) is 0 Å². The first kappa shape index (κ1) is 16.3. The number of aromatic nitrogens is 1. The molecule has 3 atom stereocenters. The van der Waals surface area contributed by atoms with E-state index in [2.05, 4.69) is 17.9 Å². The molecular weight excluding hydrogens is 328 g/mol. The molecule has 0 bridgehead atoms. The van der Waals surface area contributed by atoms with Crippen LogP contribution in [0.3, 0.4) is 0 Å². The molecule has 5 heteroatoms. The molecule has 0 amide bonds. The molecular formula is C21H26N2O3. The molecule has 3 aliphatic heterocycles. The van der Waals surface area contributed by atoms with E-state index in [1.54, 1.807) is 0 Å². The van der Waals surface area contributed by atoms with Crippen LogP contribution in [0, 0.1) is 5.92 Å². The summed E-state index contributed by atoms with van der Waals surface area (Å²) >= 11 is 0. The van der Waals surface area contributed by atoms with Gasteiger partial charge in [0.15, 0.2) is 0 Å². The van der Waals surface area contributed by atoms with Gasteiger partial charge in [-0.2, -0.15) is 0 Å². The van der Waals surface area contributed by atoms with E-state index in [1.165, 1.54) is 18.1 Å². The molecule has 3 aliphatic rings. The highest BCUT2D eigenvalue weighted by Gasteiger charge is 2.60. The Morgan fingerprint density at radius 1 is 1.35 bits per heavy atom. The van der Waals surface area contributed by atoms with E-state index in [1.807, 2.05) is 22.8 Å². The topological polar surface area (TPSA) is 54.7 Å². The predicted molar refractivity (Wildman–Crippen MR) is 98.7 cm³/mol. The van der Waals surface area contributed by atoms with Crippen LogP contribution in [0.2, 0.25) is 0 Å². The summed E-state index contributed by atoms with van der Waals surface area (Å²) in [5, 5.41) is 12.8. The molecule has 0 unspecified atom stereocenters. The average Bonchev–Trinajstić information content (AvgIpc) is 3.03. The minimum absolute atomic E-state index is 0.0783. The molecule has 138 valence electrons. The van der Waals surface area contributed by atoms with Gasteiger partial charge in [-0.1, -0.05) is 25.1 Å². The Labute approximate surface area is 153 Å². The quantitative estimate of drug-likeness (QED) is 0.843. The highest BCUT2D eigenvalue weighted by atomic mass is 16.5. The van der Waals surface area contributed by atoms with Gasteiger partial charge < -0.3 is 14.4 Å². The van der Waals surface area contributed by atoms with Crippen molar-refractivity contribution in [2.24, 2.45) is 5.92 Å². The van der Waals surface area contributed by atoms with Gasteiger partial charge in [0.05, 0.1) is 18.2 Å². The van der Waals surface area contributed by atoms with E-state index >= 15 is 0 Å². The Kier molecular flexibility index (Phi) is 3.35. The number of aliphatic hydroxyl groups is 1. The van der Waals surface area contributed by atoms with Crippen molar-refractivity contribution in [3.63, 3.8) is 0 Å². The van der Waals surface area contributed by atoms with Crippen molar-refractivity contribution in [3.05, 3.63) is 35.5 Å². The predicted octanol–water partition coefficient (Wildman–Crippen LogP) is 2.74. The Morgan fingerprint density at radius 2 is 2.15 bits per heavy atom. The number of ether oxygens (including phenoxy) is 1. The number of rotatable bonds is 2. The second kappa shape index (κ2) is 5.33. The normalized spacial score (nSPS) is 33.1. The molecule has 4 heterocycles. The molecule has 2 aromatic rings. The molecule has 1 saturated heterocycles. The third kappa shape index (κ3) is 1.71. The smallest absolute Gasteiger partial charge is 0.359 e. The fourth-order valence-corrected chi connectivity index (χ4v) is 6.25. The van der Waals surface area contributed by atoms with Crippen molar-refractivity contribution in [1.29, 1.82) is 0 Å². The molecule has 1 fully saturated rings. The summed E-state index contributed by atoms with van der Waals surface area (Å²) in [6, 6.07) is 8.19. The number of carbonyl (C=O) groups excluding carboxylic acids is 1. The summed E-state index contributed by atoms with van der Waals surface area (Å²) < 4.78 is 7.01. The van der Waals surface area contributed by atoms with Crippen LogP contribution < -0.4 is 0 Å². The lowest BCUT2D eigenvalue weighted by atomic mass is 9.64. The summed E-state index contributed by atoms with van der Waals surface area (Å²) in [6.07, 6.45) is 4.56. The first-order valence-electron chi connectivity index (χ1n) is 9.77. The maximum atomic E-state index is 12.8. The fourth-order valence-electron chi connectivity index (χ4n) is 6.25. The number of hydrogen-bond acceptors (Lipinski definition) is 4. The van der Waals surface area contributed by atoms with E-state index in [0.717, 1.165) is 50.0 Å². The number of methoxy groups -OCH3 is 1. The van der Waals surface area contributed by atoms with Gasteiger partial charge in [0.1, 0.15) is 0 Å². The summed E-state index contributed by atoms with van der Waals surface area (Å²) in [5.41, 5.74) is 1.73. The van der Waals surface area contributed by atoms with E-state index in [-0.39, 0.29) is 11.5 Å². The number of esters is 1. The van der Waals surface area contributed by atoms with Crippen molar-refractivity contribution in [2.45, 2.75) is 50.3 Å². The standard InChI is InChI=1S/C21H26N2O3/c1-3-20-14-7-6-11-22(20)12-10-16-15-8-4-5-9-17(15)23(18(16)20)21(25,13-14)19(24)26-2/h4-5,8-9,14,25H,3,6-7,10-13H2,1-2H3/t14-,20-,21-/m0/s1. The number of benzene rings is 1. The highest BCUT2D eigenvalue weighted by molar-refractivity contribution is 5.90. The maximum Gasteiger partial charge on any atom is 0.359 e. The van der Waals surface area contributed by atoms with Crippen LogP contribution in [0.1, 0.15) is 43.9 Å². The van der Waals surface area contributed by atoms with Crippen LogP contribution in [0.25, 0.3) is 10.9 Å². The molecule has 0 saturated carbocycles. The van der Waals surface area contributed by atoms with Crippen molar-refractivity contribution >= 4 is 16.9 Å². The number of hydrogen-bond donors (Lipinski definition) is 1. The molecule has 26 heavy (non-hydrogen) atoms. The molecule has 0 spiro atoms. The van der Waals surface area contributed by atoms with Crippen molar-refractivity contribution < 1.29 is 14.6 Å². The minimum Gasteiger partial charge on any atom is -0.465 e. The van der Waals surface area contributed by atoms with E-state index in [4.69, 9.17) is 4.74 Å². The van der Waals surface area contributed by atoms with Crippen molar-refractivity contribution in [2.75, 3.05) is 20.2 Å². The van der Waals surface area contributed by atoms with E-state index in [9.17, 15) is 9.90 Å². The van der Waals surface area contributed by atoms with Gasteiger partial charge in [0.2, 0.25) is 5.72 Å². The number of piperidine rings is 1. The molecule has 1 N–H and O–H groups in total. The highest BCUT2D eigenvalue weighted by Crippen LogP contribution is 2.57. The van der Waals surface area contributed by atoms with E-state index in [0.29, 0.717) is 6.42 Å². The van der Waals surface area contributed by atoms with Crippen molar-refractivity contribution in [1.82, 2.24) is 9.47 Å². The average molecular weight is 354 g/mol. The molecule has 5 nitrogen and oxygen atoms in total. The summed E-state index contributed by atoms with van der Waals surface area (Å²) in [7, 11) is 1.37. The van der Waals surface area contributed by atoms with Gasteiger partial charge in [-0.15, -0.1) is 0 Å². The molecule has 0 radical (unpaired) electrons. The second-order valence-electron chi connectivity index (χ2n) is 8.05. The van der Waals surface area contributed by atoms with Crippen LogP contribution >= 0.6 is 0 Å². The maximum absolute atomic E-state index is 12.8. The van der Waals surface area contributed by atoms with Gasteiger partial charge >= 0.3 is 5.97 Å². The first-order valence-corrected chi connectivity index (χ1v) is 9.77. The zero-order valence-corrected chi connectivity index (χ0v) is 15.5. The Bertz CT molecular complexity index is 904. The zero-order valence-electron chi connectivity index (χ0n) is 15.5. The minimum atomic E-state index is -1.62. The van der Waals surface area contributed by atoms with Gasteiger partial charge in [-0.3, -0.25) is 4.90 Å². The fraction of sp³-hybridized carbons (Fsp3) is 0.571. The third-order valence-corrected chi connectivity index (χ3v) is 7.19. The van der Waals surface area contributed by atoms with Gasteiger partial charge in [-0.25, -0.2) is 4.79 Å². The first-order chi connectivity index (χ1) is 12.6. The van der Waals surface area contributed by atoms with Crippen LogP contribution in [0.5, 0.6) is 0 Å². The van der Waals surface area contributed by atoms with Gasteiger partial charge in [-0.05, 0) is 49.8 Å². The number of para-hydroxylation sites is 1. The monoisotopic (exact) mass is 354 g/mol. The van der Waals surface area contributed by atoms with E-state index < -0.39 is 11.7 Å². The largest absolute Gasteiger partial charge is 0.465 e. The van der Waals surface area contributed by atoms with Crippen LogP contribution in [-0.4, -0.2) is 40.7 Å². The lowest BCUT2D eigenvalue weighted by Gasteiger charge is -2.59. The van der Waals surface area contributed by atoms with Crippen LogP contribution in [0.15, 0.2) is 24.3 Å². The lowest BCUT2D eigenvalue weighted by Crippen LogP contribution is -2.64. The lowest BCUT2D eigenvalue weighted by molar-refractivity contribution is -0.191. The summed E-state index contributed by atoms with van der Waals surface area (Å²) in [5.74, 6) is -0.283. The van der Waals surface area contributed by atoms with Gasteiger partial charge in [0, 0.05) is 24.0 Å². The SMILES string of the molecule is CC[C@@]12c3c4c5ccccc5n3[C@@](O)(C(=O)OC)C[C@@H]1CCCN2CC4. The van der Waals surface area contributed by atoms with Crippen molar-refractivity contribution in [3.8, 4) is 0 Å². The second-order valence-corrected chi connectivity index (χ2v) is 8.05. The van der Waals surface area contributed by atoms with Crippen LogP contribution in [-0.2, 0) is 27.2 Å². The Hall–Kier alpha value is -1.85. The molecule has 1 aromatic carbocycles. The number of nitrogens with zero attached hydrogens (tertiary/aromatic N) is 2. The third-order valence-electron chi connectivity index (χ3n) is 7.19. The van der Waals surface area contributed by atoms with Crippen LogP contribution in [0.4, 0.5) is 0 Å².